The number of aromatic nitrogens is 3. The van der Waals surface area contributed by atoms with Crippen LogP contribution in [0.25, 0.3) is 10.9 Å². The van der Waals surface area contributed by atoms with Crippen LogP contribution < -0.4 is 9.64 Å². The summed E-state index contributed by atoms with van der Waals surface area (Å²) in [5.41, 5.74) is -0.0874. The van der Waals surface area contributed by atoms with Crippen LogP contribution in [-0.2, 0) is 0 Å². The Morgan fingerprint density at radius 2 is 2.15 bits per heavy atom. The molecule has 0 bridgehead atoms. The van der Waals surface area contributed by atoms with Gasteiger partial charge in [0.1, 0.15) is 24.1 Å². The molecule has 0 aromatic carbocycles. The minimum atomic E-state index is -1.11. The van der Waals surface area contributed by atoms with Crippen LogP contribution in [0, 0.1) is 17.1 Å². The highest BCUT2D eigenvalue weighted by atomic mass is 35.5. The highest BCUT2D eigenvalue weighted by molar-refractivity contribution is 6.30. The van der Waals surface area contributed by atoms with E-state index in [0.29, 0.717) is 18.8 Å². The van der Waals surface area contributed by atoms with Crippen molar-refractivity contribution in [2.24, 2.45) is 0 Å². The van der Waals surface area contributed by atoms with E-state index < -0.39 is 24.1 Å². The second kappa shape index (κ2) is 9.44. The molecule has 4 heterocycles. The number of anilines is 1. The van der Waals surface area contributed by atoms with E-state index in [1.54, 1.807) is 11.9 Å². The van der Waals surface area contributed by atoms with E-state index in [2.05, 4.69) is 15.0 Å². The number of alkyl halides is 1. The summed E-state index contributed by atoms with van der Waals surface area (Å²) >= 11 is 5.86. The lowest BCUT2D eigenvalue weighted by atomic mass is 10.1. The average molecular weight is 482 g/mol. The first-order chi connectivity index (χ1) is 15.8. The maximum absolute atomic E-state index is 14.8. The van der Waals surface area contributed by atoms with Gasteiger partial charge in [-0.05, 0) is 13.5 Å². The first-order valence-electron chi connectivity index (χ1n) is 10.4. The Balaban J connectivity index is 1.67. The predicted molar refractivity (Wildman–Crippen MR) is 115 cm³/mol. The number of ether oxygens (including phenoxy) is 1. The molecule has 2 aliphatic rings. The van der Waals surface area contributed by atoms with Gasteiger partial charge >= 0.3 is 12.1 Å². The van der Waals surface area contributed by atoms with Gasteiger partial charge in [-0.1, -0.05) is 11.6 Å². The lowest BCUT2D eigenvalue weighted by Crippen LogP contribution is -2.55. The molecule has 0 unspecified atom stereocenters. The molecular weight excluding hydrogens is 460 g/mol. The Morgan fingerprint density at radius 1 is 1.36 bits per heavy atom. The number of likely N-dealkylation sites (tertiary alicyclic amines) is 1. The summed E-state index contributed by atoms with van der Waals surface area (Å²) in [5.74, 6) is -0.531. The summed E-state index contributed by atoms with van der Waals surface area (Å²) in [5, 5.41) is 18.5. The summed E-state index contributed by atoms with van der Waals surface area (Å²) in [4.78, 5) is 28.8. The lowest BCUT2D eigenvalue weighted by Gasteiger charge is -2.39. The number of rotatable bonds is 5. The topological polar surface area (TPSA) is 119 Å². The van der Waals surface area contributed by atoms with Gasteiger partial charge in [-0.15, -0.1) is 0 Å². The van der Waals surface area contributed by atoms with Crippen LogP contribution >= 0.6 is 11.6 Å². The molecule has 0 saturated carbocycles. The van der Waals surface area contributed by atoms with E-state index in [9.17, 15) is 18.7 Å². The number of halogens is 3. The van der Waals surface area contributed by atoms with E-state index in [0.717, 1.165) is 0 Å². The molecule has 2 fully saturated rings. The van der Waals surface area contributed by atoms with Crippen molar-refractivity contribution in [1.82, 2.24) is 24.8 Å². The Kier molecular flexibility index (Phi) is 6.62. The number of nitrogens with zero attached hydrogens (tertiary/aromatic N) is 7. The summed E-state index contributed by atoms with van der Waals surface area (Å²) < 4.78 is 34.2. The average Bonchev–Trinajstić information content (AvgIpc) is 3.11. The van der Waals surface area contributed by atoms with Gasteiger partial charge in [-0.2, -0.15) is 15.2 Å². The molecule has 2 aromatic rings. The molecule has 10 nitrogen and oxygen atoms in total. The second-order valence-corrected chi connectivity index (χ2v) is 8.49. The SMILES string of the molecule is CN1C[C@H](F)C[C@H]1COc1nc(N2CCN(C(=O)O)[C@@H](CC#N)C2)c2cnc(Cl)c(F)c2n1. The molecule has 1 N–H and O–H groups in total. The van der Waals surface area contributed by atoms with E-state index in [-0.39, 0.29) is 60.8 Å². The van der Waals surface area contributed by atoms with Gasteiger partial charge in [-0.25, -0.2) is 18.6 Å². The molecule has 0 aliphatic carbocycles. The fourth-order valence-corrected chi connectivity index (χ4v) is 4.40. The van der Waals surface area contributed by atoms with Crippen LogP contribution in [0.4, 0.5) is 19.4 Å². The number of carbonyl (C=O) groups is 1. The number of fused-ring (bicyclic) bond motifs is 1. The van der Waals surface area contributed by atoms with Crippen molar-refractivity contribution in [3.63, 3.8) is 0 Å². The van der Waals surface area contributed by atoms with Gasteiger partial charge in [0.25, 0.3) is 0 Å². The molecule has 2 saturated heterocycles. The van der Waals surface area contributed by atoms with E-state index >= 15 is 0 Å². The third-order valence-corrected chi connectivity index (χ3v) is 6.26. The third-order valence-electron chi connectivity index (χ3n) is 6.00. The van der Waals surface area contributed by atoms with Gasteiger partial charge in [0.15, 0.2) is 11.0 Å². The minimum absolute atomic E-state index is 0.00791. The molecule has 4 rings (SSSR count). The quantitative estimate of drug-likeness (QED) is 0.641. The van der Waals surface area contributed by atoms with E-state index in [1.165, 1.54) is 11.1 Å². The third kappa shape index (κ3) is 4.69. The van der Waals surface area contributed by atoms with Crippen molar-refractivity contribution < 1.29 is 23.4 Å². The monoisotopic (exact) mass is 481 g/mol. The molecule has 3 atom stereocenters. The molecule has 0 spiro atoms. The van der Waals surface area contributed by atoms with Gasteiger partial charge < -0.3 is 19.6 Å². The first kappa shape index (κ1) is 23.1. The number of likely N-dealkylation sites (N-methyl/N-ethyl adjacent to an activating group) is 1. The Labute approximate surface area is 193 Å². The van der Waals surface area contributed by atoms with Crippen molar-refractivity contribution >= 4 is 34.4 Å². The van der Waals surface area contributed by atoms with Crippen LogP contribution in [0.2, 0.25) is 5.15 Å². The smallest absolute Gasteiger partial charge is 0.407 e. The van der Waals surface area contributed by atoms with Gasteiger partial charge in [0.05, 0.1) is 23.9 Å². The standard InChI is InChI=1S/C20H22ClF2N7O3/c1-28-8-11(22)6-13(28)10-33-19-26-16-14(7-25-17(21)15(16)23)18(27-19)29-4-5-30(20(31)32)12(9-29)2-3-24/h7,11-13H,2,4-6,8-10H2,1H3,(H,31,32)/t11-,12+,13+/m1/s1. The Morgan fingerprint density at radius 3 is 2.82 bits per heavy atom. The van der Waals surface area contributed by atoms with Crippen molar-refractivity contribution in [1.29, 1.82) is 5.26 Å². The highest BCUT2D eigenvalue weighted by Crippen LogP contribution is 2.31. The zero-order chi connectivity index (χ0) is 23.7. The molecular formula is C20H22ClF2N7O3. The molecule has 1 amide bonds. The highest BCUT2D eigenvalue weighted by Gasteiger charge is 2.33. The minimum Gasteiger partial charge on any atom is -0.465 e. The molecule has 0 radical (unpaired) electrons. The summed E-state index contributed by atoms with van der Waals surface area (Å²) in [6.45, 7) is 0.995. The van der Waals surface area contributed by atoms with Crippen molar-refractivity contribution in [2.75, 3.05) is 44.7 Å². The lowest BCUT2D eigenvalue weighted by molar-refractivity contribution is 0.119. The maximum Gasteiger partial charge on any atom is 0.407 e. The maximum atomic E-state index is 14.8. The predicted octanol–water partition coefficient (Wildman–Crippen LogP) is 2.32. The van der Waals surface area contributed by atoms with Gasteiger partial charge in [0.2, 0.25) is 0 Å². The van der Waals surface area contributed by atoms with Crippen LogP contribution in [-0.4, -0.2) is 94.0 Å². The number of nitriles is 1. The molecule has 33 heavy (non-hydrogen) atoms. The van der Waals surface area contributed by atoms with Gasteiger partial charge in [-0.3, -0.25) is 4.90 Å². The zero-order valence-corrected chi connectivity index (χ0v) is 18.5. The summed E-state index contributed by atoms with van der Waals surface area (Å²) in [6.07, 6.45) is -0.402. The van der Waals surface area contributed by atoms with E-state index in [1.807, 2.05) is 11.0 Å². The number of amides is 1. The van der Waals surface area contributed by atoms with Crippen LogP contribution in [0.3, 0.4) is 0 Å². The fraction of sp³-hybridized carbons (Fsp3) is 0.550. The second-order valence-electron chi connectivity index (χ2n) is 8.13. The molecule has 13 heteroatoms. The Bertz CT molecular complexity index is 1100. The largest absolute Gasteiger partial charge is 0.465 e. The van der Waals surface area contributed by atoms with Crippen LogP contribution in [0.15, 0.2) is 6.20 Å². The van der Waals surface area contributed by atoms with Crippen molar-refractivity contribution in [3.05, 3.63) is 17.2 Å². The molecule has 2 aromatic heterocycles. The van der Waals surface area contributed by atoms with Crippen LogP contribution in [0.1, 0.15) is 12.8 Å². The number of pyridine rings is 1. The summed E-state index contributed by atoms with van der Waals surface area (Å²) in [6, 6.07) is 1.14. The van der Waals surface area contributed by atoms with Crippen molar-refractivity contribution in [3.8, 4) is 12.1 Å². The van der Waals surface area contributed by atoms with Crippen LogP contribution in [0.5, 0.6) is 6.01 Å². The Hall–Kier alpha value is -3.04. The molecule has 176 valence electrons. The first-order valence-corrected chi connectivity index (χ1v) is 10.8. The fourth-order valence-electron chi connectivity index (χ4n) is 4.26. The number of hydrogen-bond donors (Lipinski definition) is 1. The number of hydrogen-bond acceptors (Lipinski definition) is 8. The van der Waals surface area contributed by atoms with E-state index in [4.69, 9.17) is 21.6 Å². The summed E-state index contributed by atoms with van der Waals surface area (Å²) in [7, 11) is 1.79. The van der Waals surface area contributed by atoms with Gasteiger partial charge in [0, 0.05) is 38.4 Å². The normalized spacial score (nSPS) is 23.7. The van der Waals surface area contributed by atoms with Crippen molar-refractivity contribution in [2.45, 2.75) is 31.1 Å². The zero-order valence-electron chi connectivity index (χ0n) is 17.8. The molecule has 2 aliphatic heterocycles. The number of carboxylic acid groups (broad SMARTS) is 1. The number of piperazine rings is 1.